The highest BCUT2D eigenvalue weighted by Gasteiger charge is 2.38. The van der Waals surface area contributed by atoms with Gasteiger partial charge in [-0.05, 0) is 146 Å². The van der Waals surface area contributed by atoms with Gasteiger partial charge in [0.05, 0.1) is 24.2 Å². The van der Waals surface area contributed by atoms with Crippen LogP contribution in [0.15, 0.2) is 53.5 Å². The molecule has 0 heterocycles. The zero-order valence-corrected chi connectivity index (χ0v) is 38.9. The van der Waals surface area contributed by atoms with Crippen molar-refractivity contribution in [3.63, 3.8) is 0 Å². The molecule has 0 radical (unpaired) electrons. The molecule has 0 saturated heterocycles. The van der Waals surface area contributed by atoms with E-state index in [1.165, 1.54) is 69.3 Å². The average molecular weight is 892 g/mol. The van der Waals surface area contributed by atoms with E-state index in [1.807, 2.05) is 0 Å². The van der Waals surface area contributed by atoms with E-state index in [0.29, 0.717) is 4.31 Å². The lowest BCUT2D eigenvalue weighted by atomic mass is 10.1. The predicted octanol–water partition coefficient (Wildman–Crippen LogP) is 6.96. The Bertz CT molecular complexity index is 2040. The summed E-state index contributed by atoms with van der Waals surface area (Å²) in [5.74, 6) is -3.02. The third kappa shape index (κ3) is 20.7. The Labute approximate surface area is 363 Å². The largest absolute Gasteiger partial charge is 0.460 e. The minimum Gasteiger partial charge on any atom is -0.460 e. The summed E-state index contributed by atoms with van der Waals surface area (Å²) < 4.78 is 62.3. The minimum atomic E-state index is -4.93. The molecule has 0 spiro atoms. The van der Waals surface area contributed by atoms with Crippen molar-refractivity contribution in [3.8, 4) is 5.75 Å². The molecule has 0 aliphatic rings. The van der Waals surface area contributed by atoms with Crippen molar-refractivity contribution in [2.45, 2.75) is 151 Å². The van der Waals surface area contributed by atoms with Crippen LogP contribution >= 0.6 is 0 Å². The lowest BCUT2D eigenvalue weighted by molar-refractivity contribution is -0.164. The fraction of sp³-hybridized carbons (Fsp3) is 0.548. The van der Waals surface area contributed by atoms with Gasteiger partial charge in [0, 0.05) is 0 Å². The van der Waals surface area contributed by atoms with Crippen molar-refractivity contribution in [1.29, 1.82) is 0 Å². The number of nitrogens with one attached hydrogen (secondary N) is 3. The summed E-state index contributed by atoms with van der Waals surface area (Å²) in [5.41, 5.74) is -4.29. The fourth-order valence-corrected chi connectivity index (χ4v) is 5.80. The number of esters is 3. The predicted molar refractivity (Wildman–Crippen MR) is 228 cm³/mol. The number of benzene rings is 2. The highest BCUT2D eigenvalue weighted by molar-refractivity contribution is 7.87. The van der Waals surface area contributed by atoms with Gasteiger partial charge in [-0.25, -0.2) is 24.2 Å². The van der Waals surface area contributed by atoms with Gasteiger partial charge in [-0.1, -0.05) is 12.1 Å². The summed E-state index contributed by atoms with van der Waals surface area (Å²) in [6, 6.07) is 9.36. The first-order valence-electron chi connectivity index (χ1n) is 19.5. The number of amides is 3. The Balaban J connectivity index is 2.34. The van der Waals surface area contributed by atoms with Crippen LogP contribution in [0.4, 0.5) is 20.1 Å². The van der Waals surface area contributed by atoms with Crippen molar-refractivity contribution in [2.24, 2.45) is 4.99 Å². The van der Waals surface area contributed by atoms with Gasteiger partial charge in [0.2, 0.25) is 5.96 Å². The van der Waals surface area contributed by atoms with Crippen molar-refractivity contribution < 1.29 is 65.6 Å². The topological polar surface area (TPSA) is 244 Å². The number of ether oxygens (including phenoxy) is 6. The van der Waals surface area contributed by atoms with Gasteiger partial charge >= 0.3 is 46.4 Å². The monoisotopic (exact) mass is 891 g/mol. The lowest BCUT2D eigenvalue weighted by Crippen LogP contribution is -2.52. The van der Waals surface area contributed by atoms with E-state index < -0.39 is 93.4 Å². The summed E-state index contributed by atoms with van der Waals surface area (Å²) in [7, 11) is -4.93. The third-order valence-electron chi connectivity index (χ3n) is 6.70. The van der Waals surface area contributed by atoms with Crippen molar-refractivity contribution in [1.82, 2.24) is 19.7 Å². The maximum atomic E-state index is 13.9. The Hall–Kier alpha value is -5.76. The molecule has 0 unspecified atom stereocenters. The van der Waals surface area contributed by atoms with Gasteiger partial charge in [-0.15, -0.1) is 0 Å². The number of aliphatic imine (C=N–C) groups is 1. The molecule has 19 nitrogen and oxygen atoms in total. The van der Waals surface area contributed by atoms with E-state index in [-0.39, 0.29) is 28.5 Å². The fourth-order valence-electron chi connectivity index (χ4n) is 4.58. The highest BCUT2D eigenvalue weighted by atomic mass is 32.2. The van der Waals surface area contributed by atoms with E-state index in [2.05, 4.69) is 20.3 Å². The Kier molecular flexibility index (Phi) is 17.2. The second-order valence-electron chi connectivity index (χ2n) is 18.8. The van der Waals surface area contributed by atoms with Crippen molar-refractivity contribution in [3.05, 3.63) is 59.7 Å². The number of rotatable bonds is 11. The zero-order valence-electron chi connectivity index (χ0n) is 38.1. The summed E-state index contributed by atoms with van der Waals surface area (Å²) in [4.78, 5) is 81.6. The second kappa shape index (κ2) is 20.4. The van der Waals surface area contributed by atoms with E-state index in [0.717, 1.165) is 0 Å². The Morgan fingerprint density at radius 3 is 1.50 bits per heavy atom. The standard InChI is InChI=1S/C42H61N5O14S/c1-38(2,3)57-31(48)24-30(33(50)58-39(4,5)6)46-62(54,55)47(37(53)61-42(13,14)15)25-26-16-22-29(23-17-26)56-32(49)27-18-20-28(21-19-27)43-34(44-35(51)59-40(7,8)9)45-36(52)60-41(10,11)12/h16-23,30,46H,24-25H2,1-15H3,(H2,43,44,45,51,52)/t30-/m0/s1. The molecular formula is C42H61N5O14S. The third-order valence-corrected chi connectivity index (χ3v) is 8.14. The molecule has 2 aromatic carbocycles. The van der Waals surface area contributed by atoms with Gasteiger partial charge in [0.1, 0.15) is 39.8 Å². The first-order valence-corrected chi connectivity index (χ1v) is 20.9. The number of nitrogens with zero attached hydrogens (tertiary/aromatic N) is 2. The highest BCUT2D eigenvalue weighted by Crippen LogP contribution is 2.22. The molecule has 0 aliphatic carbocycles. The van der Waals surface area contributed by atoms with E-state index >= 15 is 0 Å². The van der Waals surface area contributed by atoms with Gasteiger partial charge in [0.25, 0.3) is 0 Å². The van der Waals surface area contributed by atoms with E-state index in [1.54, 1.807) is 83.1 Å². The normalized spacial score (nSPS) is 12.8. The molecule has 0 aromatic heterocycles. The van der Waals surface area contributed by atoms with Crippen LogP contribution in [0.3, 0.4) is 0 Å². The number of hydrogen-bond acceptors (Lipinski definition) is 15. The lowest BCUT2D eigenvalue weighted by Gasteiger charge is -2.29. The van der Waals surface area contributed by atoms with E-state index in [4.69, 9.17) is 28.4 Å². The smallest absolute Gasteiger partial charge is 0.425 e. The number of carbonyl (C=O) groups is 6. The second-order valence-corrected chi connectivity index (χ2v) is 20.4. The number of hydrogen-bond donors (Lipinski definition) is 3. The number of alkyl carbamates (subject to hydrolysis) is 2. The SMILES string of the molecule is CC(C)(C)OC(=O)C[C@H](NS(=O)(=O)N(Cc1ccc(OC(=O)c2ccc(N=C(NC(=O)OC(C)(C)C)NC(=O)OC(C)(C)C)cc2)cc1)C(=O)OC(C)(C)C)C(=O)OC(C)(C)C. The Morgan fingerprint density at radius 1 is 0.613 bits per heavy atom. The van der Waals surface area contributed by atoms with Crippen LogP contribution in [0.1, 0.15) is 126 Å². The molecule has 3 amide bonds. The van der Waals surface area contributed by atoms with Crippen LogP contribution in [-0.2, 0) is 50.0 Å². The van der Waals surface area contributed by atoms with Crippen LogP contribution in [0, 0.1) is 0 Å². The maximum absolute atomic E-state index is 13.9. The van der Waals surface area contributed by atoms with Crippen LogP contribution in [0.5, 0.6) is 5.75 Å². The van der Waals surface area contributed by atoms with Crippen LogP contribution < -0.4 is 20.1 Å². The molecule has 3 N–H and O–H groups in total. The van der Waals surface area contributed by atoms with Gasteiger partial charge in [-0.3, -0.25) is 20.2 Å². The molecule has 0 bridgehead atoms. The van der Waals surface area contributed by atoms with Crippen molar-refractivity contribution >= 4 is 58.0 Å². The molecule has 0 aliphatic heterocycles. The average Bonchev–Trinajstić information content (AvgIpc) is 3.03. The summed E-state index contributed by atoms with van der Waals surface area (Å²) in [5, 5.41) is 4.73. The molecule has 2 aromatic rings. The quantitative estimate of drug-likeness (QED) is 0.0679. The summed E-state index contributed by atoms with van der Waals surface area (Å²) >= 11 is 0. The van der Waals surface area contributed by atoms with Gasteiger partial charge in [0.15, 0.2) is 0 Å². The van der Waals surface area contributed by atoms with Gasteiger partial charge in [-0.2, -0.15) is 17.4 Å². The van der Waals surface area contributed by atoms with Crippen LogP contribution in [0.25, 0.3) is 0 Å². The Morgan fingerprint density at radius 2 is 1.06 bits per heavy atom. The zero-order chi connectivity index (χ0) is 47.6. The van der Waals surface area contributed by atoms with Crippen LogP contribution in [0.2, 0.25) is 0 Å². The number of carbonyl (C=O) groups excluding carboxylic acids is 6. The van der Waals surface area contributed by atoms with Crippen LogP contribution in [-0.4, -0.2) is 88.9 Å². The molecule has 0 saturated carbocycles. The molecule has 0 fully saturated rings. The molecule has 62 heavy (non-hydrogen) atoms. The molecule has 20 heteroatoms. The van der Waals surface area contributed by atoms with Crippen molar-refractivity contribution in [2.75, 3.05) is 0 Å². The number of guanidine groups is 1. The van der Waals surface area contributed by atoms with E-state index in [9.17, 15) is 37.2 Å². The first kappa shape index (κ1) is 52.4. The molecule has 344 valence electrons. The molecule has 2 rings (SSSR count). The maximum Gasteiger partial charge on any atom is 0.425 e. The summed E-state index contributed by atoms with van der Waals surface area (Å²) in [6.07, 6.45) is -3.82. The van der Waals surface area contributed by atoms with Gasteiger partial charge < -0.3 is 28.4 Å². The summed E-state index contributed by atoms with van der Waals surface area (Å²) in [6.45, 7) is 23.4. The molecular weight excluding hydrogens is 831 g/mol. The molecule has 1 atom stereocenters. The first-order chi connectivity index (χ1) is 28.0. The minimum absolute atomic E-state index is 0.0541.